The molecule has 1 atom stereocenters. The van der Waals surface area contributed by atoms with Crippen molar-refractivity contribution < 1.29 is 0 Å². The third-order valence-electron chi connectivity index (χ3n) is 5.18. The summed E-state index contributed by atoms with van der Waals surface area (Å²) in [6, 6.07) is 6.48. The summed E-state index contributed by atoms with van der Waals surface area (Å²) in [4.78, 5) is 8.44. The van der Waals surface area contributed by atoms with Gasteiger partial charge in [-0.2, -0.15) is 0 Å². The van der Waals surface area contributed by atoms with Gasteiger partial charge in [-0.05, 0) is 49.1 Å². The molecule has 1 aliphatic rings. The molecule has 140 valence electrons. The van der Waals surface area contributed by atoms with E-state index in [9.17, 15) is 0 Å². The Hall–Kier alpha value is -2.38. The molecule has 26 heavy (non-hydrogen) atoms. The van der Waals surface area contributed by atoms with E-state index in [1.807, 2.05) is 18.3 Å². The zero-order valence-corrected chi connectivity index (χ0v) is 15.1. The fraction of sp³-hybridized carbons (Fsp3) is 0.474. The summed E-state index contributed by atoms with van der Waals surface area (Å²) < 4.78 is 0. The maximum atomic E-state index is 6.31. The van der Waals surface area contributed by atoms with Crippen LogP contribution < -0.4 is 28.1 Å². The Labute approximate surface area is 154 Å². The van der Waals surface area contributed by atoms with E-state index < -0.39 is 0 Å². The van der Waals surface area contributed by atoms with Crippen LogP contribution in [0.15, 0.2) is 30.6 Å². The highest BCUT2D eigenvalue weighted by Crippen LogP contribution is 2.35. The zero-order valence-electron chi connectivity index (χ0n) is 15.1. The van der Waals surface area contributed by atoms with Crippen molar-refractivity contribution in [1.29, 1.82) is 0 Å². The van der Waals surface area contributed by atoms with E-state index in [1.165, 1.54) is 32.1 Å². The molecule has 0 aliphatic heterocycles. The Kier molecular flexibility index (Phi) is 6.25. The van der Waals surface area contributed by atoms with Crippen LogP contribution in [-0.4, -0.2) is 22.6 Å². The van der Waals surface area contributed by atoms with Crippen LogP contribution >= 0.6 is 0 Å². The second-order valence-corrected chi connectivity index (χ2v) is 6.96. The molecule has 2 aromatic rings. The van der Waals surface area contributed by atoms with Crippen LogP contribution in [0, 0.1) is 0 Å². The minimum Gasteiger partial charge on any atom is -0.395 e. The molecule has 1 fully saturated rings. The number of pyridine rings is 2. The number of anilines is 3. The average Bonchev–Trinajstić information content (AvgIpc) is 2.68. The molecule has 0 bridgehead atoms. The Morgan fingerprint density at radius 2 is 2.00 bits per heavy atom. The van der Waals surface area contributed by atoms with Gasteiger partial charge in [0.15, 0.2) is 5.82 Å². The Morgan fingerprint density at radius 1 is 1.19 bits per heavy atom. The number of aromatic nitrogens is 2. The highest BCUT2D eigenvalue weighted by atomic mass is 15.3. The summed E-state index contributed by atoms with van der Waals surface area (Å²) in [5.74, 6) is 6.44. The van der Waals surface area contributed by atoms with Crippen molar-refractivity contribution in [3.8, 4) is 0 Å². The van der Waals surface area contributed by atoms with Crippen LogP contribution in [0.1, 0.15) is 55.6 Å². The molecule has 2 aromatic heterocycles. The molecule has 0 saturated heterocycles. The Bertz CT molecular complexity index is 699. The molecule has 0 spiro atoms. The summed E-state index contributed by atoms with van der Waals surface area (Å²) in [6.07, 6.45) is 11.1. The molecule has 0 amide bonds. The standard InChI is InChI=1S/C19H29N7/c20-17-11-16(18(21)19(25-17)26-22)15(13-5-4-9-23-12-13)8-10-24-14-6-2-1-3-7-14/h4-5,9,11-12,14-15,24H,1-3,6-8,10,21-22H2,(H3,20,25,26). The molecule has 3 rings (SSSR count). The topological polar surface area (TPSA) is 128 Å². The lowest BCUT2D eigenvalue weighted by Gasteiger charge is -2.25. The second-order valence-electron chi connectivity index (χ2n) is 6.96. The second kappa shape index (κ2) is 8.82. The first kappa shape index (κ1) is 18.4. The van der Waals surface area contributed by atoms with Gasteiger partial charge in [0, 0.05) is 24.4 Å². The quantitative estimate of drug-likeness (QED) is 0.381. The molecule has 2 heterocycles. The minimum atomic E-state index is 0.0807. The van der Waals surface area contributed by atoms with Crippen molar-refractivity contribution in [3.05, 3.63) is 41.7 Å². The molecule has 7 nitrogen and oxygen atoms in total. The van der Waals surface area contributed by atoms with Gasteiger partial charge in [-0.1, -0.05) is 25.3 Å². The number of nitrogens with one attached hydrogen (secondary N) is 2. The maximum Gasteiger partial charge on any atom is 0.165 e. The summed E-state index contributed by atoms with van der Waals surface area (Å²) in [6.45, 7) is 0.914. The van der Waals surface area contributed by atoms with Crippen molar-refractivity contribution in [2.24, 2.45) is 5.84 Å². The van der Waals surface area contributed by atoms with Gasteiger partial charge < -0.3 is 22.2 Å². The van der Waals surface area contributed by atoms with E-state index >= 15 is 0 Å². The summed E-state index contributed by atoms with van der Waals surface area (Å²) >= 11 is 0. The smallest absolute Gasteiger partial charge is 0.165 e. The highest BCUT2D eigenvalue weighted by molar-refractivity contribution is 5.70. The summed E-state index contributed by atoms with van der Waals surface area (Å²) in [5.41, 5.74) is 17.4. The first-order valence-corrected chi connectivity index (χ1v) is 9.35. The van der Waals surface area contributed by atoms with Gasteiger partial charge in [0.1, 0.15) is 5.82 Å². The van der Waals surface area contributed by atoms with E-state index in [2.05, 4.69) is 26.8 Å². The number of nitrogens with zero attached hydrogens (tertiary/aromatic N) is 2. The van der Waals surface area contributed by atoms with Gasteiger partial charge in [0.05, 0.1) is 5.69 Å². The van der Waals surface area contributed by atoms with Crippen molar-refractivity contribution >= 4 is 17.3 Å². The third kappa shape index (κ3) is 4.42. The van der Waals surface area contributed by atoms with Crippen LogP contribution in [0.3, 0.4) is 0 Å². The molecule has 8 N–H and O–H groups in total. The first-order valence-electron chi connectivity index (χ1n) is 9.35. The van der Waals surface area contributed by atoms with Crippen LogP contribution in [0.25, 0.3) is 0 Å². The molecule has 1 unspecified atom stereocenters. The molecule has 0 aromatic carbocycles. The predicted molar refractivity (Wildman–Crippen MR) is 106 cm³/mol. The summed E-state index contributed by atoms with van der Waals surface area (Å²) in [5, 5.41) is 3.71. The monoisotopic (exact) mass is 355 g/mol. The molecular weight excluding hydrogens is 326 g/mol. The maximum absolute atomic E-state index is 6.31. The highest BCUT2D eigenvalue weighted by Gasteiger charge is 2.21. The van der Waals surface area contributed by atoms with E-state index in [-0.39, 0.29) is 5.92 Å². The van der Waals surface area contributed by atoms with E-state index in [0.717, 1.165) is 24.1 Å². The van der Waals surface area contributed by atoms with Crippen molar-refractivity contribution in [2.75, 3.05) is 23.4 Å². The van der Waals surface area contributed by atoms with E-state index in [0.29, 0.717) is 23.4 Å². The SMILES string of the molecule is NNc1nc(N)cc(C(CCNC2CCCCC2)c2cccnc2)c1N. The van der Waals surface area contributed by atoms with Gasteiger partial charge in [0.25, 0.3) is 0 Å². The largest absolute Gasteiger partial charge is 0.395 e. The van der Waals surface area contributed by atoms with Crippen molar-refractivity contribution in [1.82, 2.24) is 15.3 Å². The number of nitrogen functional groups attached to an aromatic ring is 3. The van der Waals surface area contributed by atoms with Gasteiger partial charge in [-0.3, -0.25) is 4.98 Å². The average molecular weight is 355 g/mol. The van der Waals surface area contributed by atoms with E-state index in [4.69, 9.17) is 17.3 Å². The third-order valence-corrected chi connectivity index (χ3v) is 5.18. The van der Waals surface area contributed by atoms with Crippen LogP contribution in [0.4, 0.5) is 17.3 Å². The van der Waals surface area contributed by atoms with Crippen LogP contribution in [0.5, 0.6) is 0 Å². The zero-order chi connectivity index (χ0) is 18.4. The number of hydrogen-bond acceptors (Lipinski definition) is 7. The molecule has 7 heteroatoms. The Morgan fingerprint density at radius 3 is 2.69 bits per heavy atom. The van der Waals surface area contributed by atoms with Crippen LogP contribution in [0.2, 0.25) is 0 Å². The van der Waals surface area contributed by atoms with Crippen LogP contribution in [-0.2, 0) is 0 Å². The van der Waals surface area contributed by atoms with Gasteiger partial charge in [-0.25, -0.2) is 10.8 Å². The fourth-order valence-electron chi connectivity index (χ4n) is 3.82. The molecule has 1 saturated carbocycles. The van der Waals surface area contributed by atoms with Crippen molar-refractivity contribution in [2.45, 2.75) is 50.5 Å². The van der Waals surface area contributed by atoms with Gasteiger partial charge >= 0.3 is 0 Å². The predicted octanol–water partition coefficient (Wildman–Crippen LogP) is 2.37. The van der Waals surface area contributed by atoms with Crippen molar-refractivity contribution in [3.63, 3.8) is 0 Å². The number of nitrogens with two attached hydrogens (primary N) is 3. The minimum absolute atomic E-state index is 0.0807. The van der Waals surface area contributed by atoms with E-state index in [1.54, 1.807) is 6.20 Å². The molecule has 0 radical (unpaired) electrons. The Balaban J connectivity index is 1.81. The van der Waals surface area contributed by atoms with Gasteiger partial charge in [0.2, 0.25) is 0 Å². The van der Waals surface area contributed by atoms with Gasteiger partial charge in [-0.15, -0.1) is 0 Å². The lowest BCUT2D eigenvalue weighted by atomic mass is 9.88. The molecule has 1 aliphatic carbocycles. The number of rotatable bonds is 7. The lowest BCUT2D eigenvalue weighted by molar-refractivity contribution is 0.370. The number of hydrazine groups is 1. The summed E-state index contributed by atoms with van der Waals surface area (Å²) in [7, 11) is 0. The fourth-order valence-corrected chi connectivity index (χ4v) is 3.82. The number of hydrogen-bond donors (Lipinski definition) is 5. The lowest BCUT2D eigenvalue weighted by Crippen LogP contribution is -2.32. The molecular formula is C19H29N7. The first-order chi connectivity index (χ1) is 12.7. The normalized spacial score (nSPS) is 16.3.